The van der Waals surface area contributed by atoms with Gasteiger partial charge in [-0.3, -0.25) is 24.0 Å². The molecule has 0 saturated heterocycles. The van der Waals surface area contributed by atoms with Crippen LogP contribution in [0.2, 0.25) is 5.02 Å². The summed E-state index contributed by atoms with van der Waals surface area (Å²) in [7, 11) is -3.04. The van der Waals surface area contributed by atoms with E-state index in [1.165, 1.54) is 55.3 Å². The van der Waals surface area contributed by atoms with Gasteiger partial charge in [0.1, 0.15) is 18.3 Å². The van der Waals surface area contributed by atoms with Crippen LogP contribution in [0.5, 0.6) is 5.75 Å². The highest BCUT2D eigenvalue weighted by Crippen LogP contribution is 2.29. The van der Waals surface area contributed by atoms with Crippen molar-refractivity contribution in [2.75, 3.05) is 18.0 Å². The molecule has 2 amide bonds. The Bertz CT molecular complexity index is 1560. The van der Waals surface area contributed by atoms with Crippen molar-refractivity contribution in [1.29, 1.82) is 0 Å². The molecule has 0 aromatic heterocycles. The van der Waals surface area contributed by atoms with Crippen LogP contribution in [0.15, 0.2) is 71.6 Å². The van der Waals surface area contributed by atoms with E-state index in [2.05, 4.69) is 5.32 Å². The van der Waals surface area contributed by atoms with E-state index in [-0.39, 0.29) is 46.7 Å². The minimum atomic E-state index is -4.50. The van der Waals surface area contributed by atoms with Crippen LogP contribution in [0.25, 0.3) is 0 Å². The summed E-state index contributed by atoms with van der Waals surface area (Å²) in [4.78, 5) is 39.2. The Kier molecular flexibility index (Phi) is 11.1. The zero-order chi connectivity index (χ0) is 31.9. The van der Waals surface area contributed by atoms with Crippen LogP contribution >= 0.6 is 11.6 Å². The molecule has 11 nitrogen and oxygen atoms in total. The lowest BCUT2D eigenvalue weighted by atomic mass is 10.1. The number of aryl methyl sites for hydroxylation is 1. The number of carbonyl (C=O) groups excluding carboxylic acids is 2. The zero-order valence-electron chi connectivity index (χ0n) is 24.6. The van der Waals surface area contributed by atoms with E-state index in [9.17, 15) is 28.1 Å². The lowest BCUT2D eigenvalue weighted by Gasteiger charge is -2.33. The number of sulfonamides is 1. The molecule has 1 atom stereocenters. The molecule has 1 N–H and O–H groups in total. The fourth-order valence-corrected chi connectivity index (χ4v) is 6.00. The Labute approximate surface area is 256 Å². The van der Waals surface area contributed by atoms with E-state index in [0.29, 0.717) is 16.3 Å². The van der Waals surface area contributed by atoms with Crippen molar-refractivity contribution >= 4 is 44.8 Å². The van der Waals surface area contributed by atoms with Crippen molar-refractivity contribution in [2.24, 2.45) is 0 Å². The zero-order valence-corrected chi connectivity index (χ0v) is 26.2. The number of carbonyl (C=O) groups is 2. The second kappa shape index (κ2) is 14.3. The third-order valence-electron chi connectivity index (χ3n) is 6.69. The molecule has 0 fully saturated rings. The summed E-state index contributed by atoms with van der Waals surface area (Å²) in [5.74, 6) is -0.575. The predicted molar refractivity (Wildman–Crippen MR) is 165 cm³/mol. The second-order valence-corrected chi connectivity index (χ2v) is 12.4. The van der Waals surface area contributed by atoms with Gasteiger partial charge in [-0.15, -0.1) is 0 Å². The Morgan fingerprint density at radius 1 is 1.05 bits per heavy atom. The molecule has 3 aromatic rings. The maximum absolute atomic E-state index is 14.1. The summed E-state index contributed by atoms with van der Waals surface area (Å²) in [5.41, 5.74) is 0.722. The lowest BCUT2D eigenvalue weighted by molar-refractivity contribution is -0.385. The van der Waals surface area contributed by atoms with Crippen molar-refractivity contribution in [3.05, 3.63) is 93.0 Å². The van der Waals surface area contributed by atoms with E-state index < -0.39 is 33.4 Å². The number of hydrogen-bond acceptors (Lipinski definition) is 7. The molecular weight excluding hydrogens is 596 g/mol. The van der Waals surface area contributed by atoms with Crippen LogP contribution in [0.1, 0.15) is 38.3 Å². The summed E-state index contributed by atoms with van der Waals surface area (Å²) in [6, 6.07) is 15.3. The molecule has 0 spiro atoms. The number of halogens is 1. The third kappa shape index (κ3) is 8.23. The molecule has 0 aliphatic heterocycles. The van der Waals surface area contributed by atoms with Gasteiger partial charge < -0.3 is 15.0 Å². The maximum Gasteiger partial charge on any atom is 0.273 e. The second-order valence-electron chi connectivity index (χ2n) is 10.2. The molecule has 13 heteroatoms. The summed E-state index contributed by atoms with van der Waals surface area (Å²) in [6.45, 7) is 6.18. The normalized spacial score (nSPS) is 12.0. The van der Waals surface area contributed by atoms with Gasteiger partial charge in [-0.2, -0.15) is 0 Å². The highest BCUT2D eigenvalue weighted by Gasteiger charge is 2.34. The molecule has 0 bridgehead atoms. The molecule has 0 aliphatic rings. The van der Waals surface area contributed by atoms with E-state index in [4.69, 9.17) is 16.3 Å². The topological polar surface area (TPSA) is 139 Å². The molecule has 230 valence electrons. The Morgan fingerprint density at radius 2 is 1.67 bits per heavy atom. The van der Waals surface area contributed by atoms with E-state index in [1.54, 1.807) is 45.0 Å². The fourth-order valence-electron chi connectivity index (χ4n) is 4.44. The first kappa shape index (κ1) is 33.3. The van der Waals surface area contributed by atoms with Crippen molar-refractivity contribution in [3.8, 4) is 5.75 Å². The SMILES string of the molecule is CCC(C(=O)NC(C)C)N(Cc1ccc(Cl)cc1)C(=O)CN(c1ccc(OC)cc1)S(=O)(=O)c1ccc(C)c([N+](=O)[O-])c1. The minimum Gasteiger partial charge on any atom is -0.497 e. The van der Waals surface area contributed by atoms with Gasteiger partial charge in [0.25, 0.3) is 15.7 Å². The molecule has 1 unspecified atom stereocenters. The number of nitrogens with one attached hydrogen (secondary N) is 1. The van der Waals surface area contributed by atoms with Crippen molar-refractivity contribution in [2.45, 2.75) is 57.6 Å². The highest BCUT2D eigenvalue weighted by atomic mass is 35.5. The van der Waals surface area contributed by atoms with Crippen molar-refractivity contribution < 1.29 is 27.7 Å². The number of ether oxygens (including phenoxy) is 1. The molecular formula is C30H35ClN4O7S. The highest BCUT2D eigenvalue weighted by molar-refractivity contribution is 7.92. The number of methoxy groups -OCH3 is 1. The molecule has 0 saturated carbocycles. The van der Waals surface area contributed by atoms with E-state index in [1.807, 2.05) is 0 Å². The van der Waals surface area contributed by atoms with Crippen molar-refractivity contribution in [3.63, 3.8) is 0 Å². The maximum atomic E-state index is 14.1. The standard InChI is InChI=1S/C30H35ClN4O7S/c1-6-27(30(37)32-20(2)3)33(18-22-8-10-23(31)11-9-22)29(36)19-34(24-12-14-25(42-5)15-13-24)43(40,41)26-16-7-21(4)28(17-26)35(38)39/h7-17,20,27H,6,18-19H2,1-5H3,(H,32,37). The Hall–Kier alpha value is -4.16. The number of amides is 2. The Balaban J connectivity index is 2.12. The average molecular weight is 631 g/mol. The molecule has 0 heterocycles. The first-order valence-electron chi connectivity index (χ1n) is 13.5. The predicted octanol–water partition coefficient (Wildman–Crippen LogP) is 5.09. The van der Waals surface area contributed by atoms with Gasteiger partial charge in [0.05, 0.1) is 22.6 Å². The molecule has 3 rings (SSSR count). The van der Waals surface area contributed by atoms with Gasteiger partial charge in [0.15, 0.2) is 0 Å². The summed E-state index contributed by atoms with van der Waals surface area (Å²) in [5, 5.41) is 14.9. The lowest BCUT2D eigenvalue weighted by Crippen LogP contribution is -2.53. The van der Waals surface area contributed by atoms with Crippen LogP contribution in [0.3, 0.4) is 0 Å². The average Bonchev–Trinajstić information content (AvgIpc) is 2.96. The Morgan fingerprint density at radius 3 is 2.21 bits per heavy atom. The molecule has 0 radical (unpaired) electrons. The molecule has 0 aliphatic carbocycles. The summed E-state index contributed by atoms with van der Waals surface area (Å²) in [6.07, 6.45) is 0.261. The smallest absolute Gasteiger partial charge is 0.273 e. The van der Waals surface area contributed by atoms with E-state index >= 15 is 0 Å². The van der Waals surface area contributed by atoms with Gasteiger partial charge >= 0.3 is 0 Å². The number of nitrogens with zero attached hydrogens (tertiary/aromatic N) is 3. The van der Waals surface area contributed by atoms with Crippen LogP contribution < -0.4 is 14.4 Å². The number of anilines is 1. The van der Waals surface area contributed by atoms with Gasteiger partial charge in [0, 0.05) is 29.2 Å². The van der Waals surface area contributed by atoms with Crippen LogP contribution in [0.4, 0.5) is 11.4 Å². The number of benzene rings is 3. The minimum absolute atomic E-state index is 0.00648. The molecule has 43 heavy (non-hydrogen) atoms. The van der Waals surface area contributed by atoms with Crippen LogP contribution in [-0.2, 0) is 26.2 Å². The van der Waals surface area contributed by atoms with Gasteiger partial charge in [-0.25, -0.2) is 8.42 Å². The van der Waals surface area contributed by atoms with Gasteiger partial charge in [-0.1, -0.05) is 36.7 Å². The third-order valence-corrected chi connectivity index (χ3v) is 8.71. The number of nitro benzene ring substituents is 1. The fraction of sp³-hybridized carbons (Fsp3) is 0.333. The quantitative estimate of drug-likeness (QED) is 0.205. The monoisotopic (exact) mass is 630 g/mol. The van der Waals surface area contributed by atoms with E-state index in [0.717, 1.165) is 10.4 Å². The summed E-state index contributed by atoms with van der Waals surface area (Å²) < 4.78 is 34.2. The number of rotatable bonds is 13. The number of hydrogen-bond donors (Lipinski definition) is 1. The first-order chi connectivity index (χ1) is 20.3. The van der Waals surface area contributed by atoms with Crippen LogP contribution in [0, 0.1) is 17.0 Å². The van der Waals surface area contributed by atoms with Crippen LogP contribution in [-0.4, -0.2) is 55.8 Å². The largest absolute Gasteiger partial charge is 0.497 e. The number of nitro groups is 1. The van der Waals surface area contributed by atoms with Crippen molar-refractivity contribution in [1.82, 2.24) is 10.2 Å². The first-order valence-corrected chi connectivity index (χ1v) is 15.4. The molecule has 3 aromatic carbocycles. The van der Waals surface area contributed by atoms with Gasteiger partial charge in [-0.05, 0) is 75.2 Å². The van der Waals surface area contributed by atoms with Gasteiger partial charge in [0.2, 0.25) is 11.8 Å². The summed E-state index contributed by atoms with van der Waals surface area (Å²) >= 11 is 6.05.